The molecule has 2 aromatic carbocycles. The number of benzene rings is 2. The van der Waals surface area contributed by atoms with Crippen molar-refractivity contribution < 1.29 is 24.2 Å². The number of halogens is 1. The van der Waals surface area contributed by atoms with Crippen LogP contribution in [-0.2, 0) is 9.59 Å². The molecular formula is C22H17BrN2O5S. The molecule has 1 saturated heterocycles. The smallest absolute Gasteiger partial charge is 0.301 e. The van der Waals surface area contributed by atoms with Gasteiger partial charge in [-0.05, 0) is 29.8 Å². The number of anilines is 1. The molecule has 1 aliphatic rings. The zero-order valence-electron chi connectivity index (χ0n) is 16.5. The number of carbonyl (C=O) groups excluding carboxylic acids is 2. The van der Waals surface area contributed by atoms with Crippen LogP contribution in [0.2, 0.25) is 0 Å². The molecule has 0 unspecified atom stereocenters. The maximum Gasteiger partial charge on any atom is 0.301 e. The minimum absolute atomic E-state index is 0.0188. The van der Waals surface area contributed by atoms with Gasteiger partial charge in [0, 0.05) is 21.6 Å². The van der Waals surface area contributed by atoms with Crippen LogP contribution < -0.4 is 14.4 Å². The third kappa shape index (κ3) is 3.70. The van der Waals surface area contributed by atoms with Crippen LogP contribution in [0, 0.1) is 0 Å². The number of carbonyl (C=O) groups is 2. The van der Waals surface area contributed by atoms with Gasteiger partial charge in [0.25, 0.3) is 5.78 Å². The van der Waals surface area contributed by atoms with Crippen molar-refractivity contribution in [2.75, 3.05) is 19.1 Å². The van der Waals surface area contributed by atoms with E-state index in [2.05, 4.69) is 20.9 Å². The Labute approximate surface area is 190 Å². The van der Waals surface area contributed by atoms with Crippen molar-refractivity contribution in [1.29, 1.82) is 0 Å². The summed E-state index contributed by atoms with van der Waals surface area (Å²) in [4.78, 5) is 31.6. The largest absolute Gasteiger partial charge is 0.507 e. The first-order valence-corrected chi connectivity index (χ1v) is 10.8. The molecule has 9 heteroatoms. The molecule has 7 nitrogen and oxygen atoms in total. The van der Waals surface area contributed by atoms with Gasteiger partial charge in [-0.3, -0.25) is 14.5 Å². The van der Waals surface area contributed by atoms with Crippen molar-refractivity contribution in [3.8, 4) is 11.5 Å². The van der Waals surface area contributed by atoms with Gasteiger partial charge in [-0.15, -0.1) is 11.3 Å². The Bertz CT molecular complexity index is 1180. The van der Waals surface area contributed by atoms with Crippen LogP contribution in [0.3, 0.4) is 0 Å². The van der Waals surface area contributed by atoms with Gasteiger partial charge in [-0.2, -0.15) is 0 Å². The van der Waals surface area contributed by atoms with E-state index in [1.807, 2.05) is 0 Å². The third-order valence-electron chi connectivity index (χ3n) is 4.91. The van der Waals surface area contributed by atoms with Crippen LogP contribution >= 0.6 is 27.3 Å². The predicted octanol–water partition coefficient (Wildman–Crippen LogP) is 4.55. The number of nitrogens with zero attached hydrogens (tertiary/aromatic N) is 2. The minimum atomic E-state index is -0.880. The molecule has 0 spiro atoms. The third-order valence-corrected chi connectivity index (χ3v) is 6.21. The maximum absolute atomic E-state index is 13.1. The van der Waals surface area contributed by atoms with Crippen molar-refractivity contribution in [3.05, 3.63) is 75.2 Å². The molecule has 1 aromatic heterocycles. The number of ketones is 1. The van der Waals surface area contributed by atoms with Gasteiger partial charge in [-0.25, -0.2) is 4.98 Å². The van der Waals surface area contributed by atoms with Gasteiger partial charge in [0.15, 0.2) is 16.6 Å². The SMILES string of the molecule is COc1ccc([C@H]2C(=C(O)c3ccc(Br)cc3)C(=O)C(=O)N2c2nccs2)cc1OC. The summed E-state index contributed by atoms with van der Waals surface area (Å²) in [5.74, 6) is -0.854. The fraction of sp³-hybridized carbons (Fsp3) is 0.136. The highest BCUT2D eigenvalue weighted by Crippen LogP contribution is 2.44. The van der Waals surface area contributed by atoms with Gasteiger partial charge in [0.1, 0.15) is 5.76 Å². The Balaban J connectivity index is 1.94. The quantitative estimate of drug-likeness (QED) is 0.314. The number of hydrogen-bond acceptors (Lipinski definition) is 7. The highest BCUT2D eigenvalue weighted by molar-refractivity contribution is 9.10. The zero-order chi connectivity index (χ0) is 22.1. The van der Waals surface area contributed by atoms with Crippen molar-refractivity contribution in [3.63, 3.8) is 0 Å². The molecule has 1 amide bonds. The fourth-order valence-corrected chi connectivity index (χ4v) is 4.40. The summed E-state index contributed by atoms with van der Waals surface area (Å²) >= 11 is 4.58. The van der Waals surface area contributed by atoms with E-state index in [1.165, 1.54) is 30.5 Å². The number of hydrogen-bond donors (Lipinski definition) is 1. The average Bonchev–Trinajstić information content (AvgIpc) is 3.40. The number of aromatic nitrogens is 1. The van der Waals surface area contributed by atoms with Crippen LogP contribution in [-0.4, -0.2) is 36.0 Å². The van der Waals surface area contributed by atoms with Gasteiger partial charge in [-0.1, -0.05) is 34.1 Å². The van der Waals surface area contributed by atoms with Crippen LogP contribution in [0.25, 0.3) is 5.76 Å². The second-order valence-corrected chi connectivity index (χ2v) is 8.39. The zero-order valence-corrected chi connectivity index (χ0v) is 18.9. The molecule has 0 radical (unpaired) electrons. The normalized spacial score (nSPS) is 17.8. The van der Waals surface area contributed by atoms with E-state index in [0.717, 1.165) is 4.47 Å². The van der Waals surface area contributed by atoms with Crippen LogP contribution in [0.1, 0.15) is 17.2 Å². The van der Waals surface area contributed by atoms with E-state index in [-0.39, 0.29) is 11.3 Å². The number of thiazole rings is 1. The lowest BCUT2D eigenvalue weighted by atomic mass is 9.95. The molecule has 1 atom stereocenters. The van der Waals surface area contributed by atoms with Crippen molar-refractivity contribution in [1.82, 2.24) is 4.98 Å². The second-order valence-electron chi connectivity index (χ2n) is 6.61. The summed E-state index contributed by atoms with van der Waals surface area (Å²) in [5, 5.41) is 13.1. The molecule has 0 saturated carbocycles. The van der Waals surface area contributed by atoms with Crippen LogP contribution in [0.15, 0.2) is 64.1 Å². The van der Waals surface area contributed by atoms with Crippen molar-refractivity contribution in [2.24, 2.45) is 0 Å². The van der Waals surface area contributed by atoms with Gasteiger partial charge < -0.3 is 14.6 Å². The molecule has 1 aliphatic heterocycles. The monoisotopic (exact) mass is 500 g/mol. The number of ether oxygens (including phenoxy) is 2. The Morgan fingerprint density at radius 3 is 2.42 bits per heavy atom. The Morgan fingerprint density at radius 1 is 1.10 bits per heavy atom. The van der Waals surface area contributed by atoms with Crippen molar-refractivity contribution >= 4 is 49.8 Å². The first-order chi connectivity index (χ1) is 15.0. The number of methoxy groups -OCH3 is 2. The van der Waals surface area contributed by atoms with E-state index < -0.39 is 17.7 Å². The lowest BCUT2D eigenvalue weighted by molar-refractivity contribution is -0.132. The van der Waals surface area contributed by atoms with Crippen molar-refractivity contribution in [2.45, 2.75) is 6.04 Å². The van der Waals surface area contributed by atoms with E-state index >= 15 is 0 Å². The Hall–Kier alpha value is -3.17. The van der Waals surface area contributed by atoms with Crippen LogP contribution in [0.5, 0.6) is 11.5 Å². The summed E-state index contributed by atoms with van der Waals surface area (Å²) < 4.78 is 11.5. The number of Topliss-reactive ketones (excluding diaryl/α,β-unsaturated/α-hetero) is 1. The molecule has 4 rings (SSSR count). The summed E-state index contributed by atoms with van der Waals surface area (Å²) in [6, 6.07) is 11.1. The highest BCUT2D eigenvalue weighted by Gasteiger charge is 2.48. The van der Waals surface area contributed by atoms with E-state index in [4.69, 9.17) is 9.47 Å². The van der Waals surface area contributed by atoms with Gasteiger partial charge in [0.2, 0.25) is 0 Å². The molecule has 1 fully saturated rings. The number of rotatable bonds is 5. The lowest BCUT2D eigenvalue weighted by Crippen LogP contribution is -2.29. The molecule has 31 heavy (non-hydrogen) atoms. The van der Waals surface area contributed by atoms with E-state index in [9.17, 15) is 14.7 Å². The molecule has 2 heterocycles. The first-order valence-electron chi connectivity index (χ1n) is 9.14. The summed E-state index contributed by atoms with van der Waals surface area (Å²) in [7, 11) is 3.02. The average molecular weight is 501 g/mol. The summed E-state index contributed by atoms with van der Waals surface area (Å²) in [5.41, 5.74) is 0.978. The molecule has 0 aliphatic carbocycles. The lowest BCUT2D eigenvalue weighted by Gasteiger charge is -2.23. The number of aliphatic hydroxyl groups is 1. The highest BCUT2D eigenvalue weighted by atomic mass is 79.9. The van der Waals surface area contributed by atoms with Gasteiger partial charge >= 0.3 is 5.91 Å². The standard InChI is InChI=1S/C22H17BrN2O5S/c1-29-15-8-5-13(11-16(15)30-2)18-17(19(26)12-3-6-14(23)7-4-12)20(27)21(28)25(18)22-24-9-10-31-22/h3-11,18,26H,1-2H3/t18-/m0/s1. The predicted molar refractivity (Wildman–Crippen MR) is 121 cm³/mol. The minimum Gasteiger partial charge on any atom is -0.507 e. The van der Waals surface area contributed by atoms with Gasteiger partial charge in [0.05, 0.1) is 25.8 Å². The molecular weight excluding hydrogens is 484 g/mol. The number of amides is 1. The Kier molecular flexibility index (Phi) is 5.79. The second kappa shape index (κ2) is 8.52. The van der Waals surface area contributed by atoms with E-state index in [1.54, 1.807) is 54.0 Å². The Morgan fingerprint density at radius 2 is 1.81 bits per heavy atom. The first kappa shape index (κ1) is 21.1. The topological polar surface area (TPSA) is 89.0 Å². The maximum atomic E-state index is 13.1. The van der Waals surface area contributed by atoms with Crippen LogP contribution in [0.4, 0.5) is 5.13 Å². The summed E-state index contributed by atoms with van der Waals surface area (Å²) in [6.45, 7) is 0. The number of aliphatic hydroxyl groups excluding tert-OH is 1. The van der Waals surface area contributed by atoms with E-state index in [0.29, 0.717) is 27.8 Å². The fourth-order valence-electron chi connectivity index (χ4n) is 3.47. The molecule has 158 valence electrons. The summed E-state index contributed by atoms with van der Waals surface area (Å²) in [6.07, 6.45) is 1.56. The molecule has 1 N–H and O–H groups in total. The molecule has 0 bridgehead atoms. The molecule has 3 aromatic rings.